The van der Waals surface area contributed by atoms with Crippen molar-refractivity contribution in [3.05, 3.63) is 95.6 Å². The first-order valence-corrected chi connectivity index (χ1v) is 9.31. The summed E-state index contributed by atoms with van der Waals surface area (Å²) in [5, 5.41) is 2.68. The van der Waals surface area contributed by atoms with Crippen LogP contribution in [0.15, 0.2) is 78.9 Å². The van der Waals surface area contributed by atoms with Gasteiger partial charge in [-0.2, -0.15) is 0 Å². The molecule has 0 N–H and O–H groups in total. The minimum Gasteiger partial charge on any atom is -0.0619 e. The second kappa shape index (κ2) is 5.32. The van der Waals surface area contributed by atoms with Gasteiger partial charge in [0.15, 0.2) is 0 Å². The number of aryl methyl sites for hydroxylation is 1. The zero-order chi connectivity index (χ0) is 17.9. The molecule has 5 rings (SSSR count). The van der Waals surface area contributed by atoms with E-state index in [1.54, 1.807) is 0 Å². The quantitative estimate of drug-likeness (QED) is 0.347. The predicted octanol–water partition coefficient (Wildman–Crippen LogP) is 7.12. The Labute approximate surface area is 155 Å². The highest BCUT2D eigenvalue weighted by atomic mass is 14.4. The van der Waals surface area contributed by atoms with Crippen molar-refractivity contribution in [2.45, 2.75) is 26.2 Å². The van der Waals surface area contributed by atoms with E-state index in [1.165, 1.54) is 49.7 Å². The summed E-state index contributed by atoms with van der Waals surface area (Å²) in [7, 11) is 0. The third-order valence-electron chi connectivity index (χ3n) is 6.04. The van der Waals surface area contributed by atoms with Crippen LogP contribution in [-0.2, 0) is 5.41 Å². The van der Waals surface area contributed by atoms with Crippen molar-refractivity contribution >= 4 is 10.8 Å². The number of benzene rings is 4. The summed E-state index contributed by atoms with van der Waals surface area (Å²) in [6, 6.07) is 29.0. The summed E-state index contributed by atoms with van der Waals surface area (Å²) in [5.74, 6) is 0. The van der Waals surface area contributed by atoms with Gasteiger partial charge in [0.05, 0.1) is 0 Å². The Morgan fingerprint density at radius 1 is 0.538 bits per heavy atom. The van der Waals surface area contributed by atoms with Crippen LogP contribution in [0.5, 0.6) is 0 Å². The molecule has 26 heavy (non-hydrogen) atoms. The van der Waals surface area contributed by atoms with E-state index in [0.717, 1.165) is 0 Å². The van der Waals surface area contributed by atoms with Gasteiger partial charge in [0, 0.05) is 5.41 Å². The van der Waals surface area contributed by atoms with Gasteiger partial charge in [-0.05, 0) is 56.6 Å². The summed E-state index contributed by atoms with van der Waals surface area (Å²) in [5.41, 5.74) is 9.70. The molecule has 0 heteroatoms. The van der Waals surface area contributed by atoms with Crippen molar-refractivity contribution in [2.75, 3.05) is 0 Å². The normalized spacial score (nSPS) is 14.3. The molecule has 0 atom stereocenters. The molecule has 0 saturated heterocycles. The van der Waals surface area contributed by atoms with Crippen molar-refractivity contribution in [3.8, 4) is 22.3 Å². The third kappa shape index (κ3) is 1.96. The largest absolute Gasteiger partial charge is 0.0619 e. The minimum absolute atomic E-state index is 0.0441. The molecule has 0 fully saturated rings. The van der Waals surface area contributed by atoms with Crippen LogP contribution in [0.25, 0.3) is 33.0 Å². The second-order valence-corrected chi connectivity index (χ2v) is 7.87. The summed E-state index contributed by atoms with van der Waals surface area (Å²) < 4.78 is 0. The lowest BCUT2D eigenvalue weighted by atomic mass is 9.82. The monoisotopic (exact) mass is 334 g/mol. The van der Waals surface area contributed by atoms with E-state index >= 15 is 0 Å². The molecule has 0 aromatic heterocycles. The van der Waals surface area contributed by atoms with Gasteiger partial charge < -0.3 is 0 Å². The number of hydrogen-bond donors (Lipinski definition) is 0. The van der Waals surface area contributed by atoms with E-state index in [4.69, 9.17) is 0 Å². The fourth-order valence-corrected chi connectivity index (χ4v) is 4.66. The fourth-order valence-electron chi connectivity index (χ4n) is 4.66. The fraction of sp³-hybridized carbons (Fsp3) is 0.154. The van der Waals surface area contributed by atoms with Crippen molar-refractivity contribution in [2.24, 2.45) is 0 Å². The molecule has 126 valence electrons. The lowest BCUT2D eigenvalue weighted by Crippen LogP contribution is -2.14. The molecular weight excluding hydrogens is 312 g/mol. The van der Waals surface area contributed by atoms with E-state index in [0.29, 0.717) is 0 Å². The van der Waals surface area contributed by atoms with E-state index in [1.807, 2.05) is 0 Å². The smallest absolute Gasteiger partial charge is 0.0159 e. The Kier molecular flexibility index (Phi) is 3.15. The summed E-state index contributed by atoms with van der Waals surface area (Å²) in [6.45, 7) is 6.88. The van der Waals surface area contributed by atoms with Gasteiger partial charge in [0.2, 0.25) is 0 Å². The van der Waals surface area contributed by atoms with Gasteiger partial charge in [0.1, 0.15) is 0 Å². The standard InChI is InChI=1S/C26H22/c1-17-15-16-20(19-10-5-4-9-18(17)19)21-12-8-14-24-25(21)22-11-6-7-13-23(22)26(24,2)3/h4-16H,1-3H3. The van der Waals surface area contributed by atoms with Crippen LogP contribution < -0.4 is 0 Å². The Bertz CT molecular complexity index is 1160. The summed E-state index contributed by atoms with van der Waals surface area (Å²) in [4.78, 5) is 0. The van der Waals surface area contributed by atoms with Crippen LogP contribution in [0, 0.1) is 6.92 Å². The molecule has 0 saturated carbocycles. The average molecular weight is 334 g/mol. The van der Waals surface area contributed by atoms with Crippen molar-refractivity contribution in [1.29, 1.82) is 0 Å². The maximum Gasteiger partial charge on any atom is 0.0159 e. The summed E-state index contributed by atoms with van der Waals surface area (Å²) >= 11 is 0. The van der Waals surface area contributed by atoms with E-state index in [2.05, 4.69) is 99.6 Å². The SMILES string of the molecule is Cc1ccc(-c2cccc3c2-c2ccccc2C3(C)C)c2ccccc12. The van der Waals surface area contributed by atoms with E-state index in [9.17, 15) is 0 Å². The second-order valence-electron chi connectivity index (χ2n) is 7.87. The molecule has 0 spiro atoms. The van der Waals surface area contributed by atoms with Crippen molar-refractivity contribution in [1.82, 2.24) is 0 Å². The van der Waals surface area contributed by atoms with Crippen LogP contribution in [0.1, 0.15) is 30.5 Å². The van der Waals surface area contributed by atoms with E-state index < -0.39 is 0 Å². The molecule has 0 bridgehead atoms. The Morgan fingerprint density at radius 2 is 1.19 bits per heavy atom. The lowest BCUT2D eigenvalue weighted by Gasteiger charge is -2.21. The van der Waals surface area contributed by atoms with Gasteiger partial charge >= 0.3 is 0 Å². The molecular formula is C26H22. The molecule has 0 radical (unpaired) electrons. The first-order valence-electron chi connectivity index (χ1n) is 9.31. The van der Waals surface area contributed by atoms with Crippen LogP contribution in [0.4, 0.5) is 0 Å². The predicted molar refractivity (Wildman–Crippen MR) is 112 cm³/mol. The molecule has 0 aliphatic heterocycles. The molecule has 1 aliphatic carbocycles. The van der Waals surface area contributed by atoms with Gasteiger partial charge in [-0.1, -0.05) is 92.7 Å². The maximum absolute atomic E-state index is 2.34. The zero-order valence-corrected chi connectivity index (χ0v) is 15.5. The van der Waals surface area contributed by atoms with Crippen LogP contribution in [0.3, 0.4) is 0 Å². The first kappa shape index (κ1) is 15.4. The molecule has 4 aromatic rings. The third-order valence-corrected chi connectivity index (χ3v) is 6.04. The maximum atomic E-state index is 2.34. The molecule has 0 unspecified atom stereocenters. The number of fused-ring (bicyclic) bond motifs is 4. The molecule has 1 aliphatic rings. The summed E-state index contributed by atoms with van der Waals surface area (Å²) in [6.07, 6.45) is 0. The highest BCUT2D eigenvalue weighted by molar-refractivity contribution is 6.03. The number of rotatable bonds is 1. The molecule has 4 aromatic carbocycles. The Hall–Kier alpha value is -2.86. The topological polar surface area (TPSA) is 0 Å². The number of hydrogen-bond acceptors (Lipinski definition) is 0. The van der Waals surface area contributed by atoms with Gasteiger partial charge in [0.25, 0.3) is 0 Å². The zero-order valence-electron chi connectivity index (χ0n) is 15.5. The van der Waals surface area contributed by atoms with Crippen LogP contribution >= 0.6 is 0 Å². The van der Waals surface area contributed by atoms with Crippen LogP contribution in [-0.4, -0.2) is 0 Å². The lowest BCUT2D eigenvalue weighted by molar-refractivity contribution is 0.660. The Morgan fingerprint density at radius 3 is 2.04 bits per heavy atom. The first-order chi connectivity index (χ1) is 12.6. The molecule has 0 nitrogen and oxygen atoms in total. The highest BCUT2D eigenvalue weighted by Gasteiger charge is 2.36. The van der Waals surface area contributed by atoms with E-state index in [-0.39, 0.29) is 5.41 Å². The molecule has 0 amide bonds. The van der Waals surface area contributed by atoms with Gasteiger partial charge in [-0.3, -0.25) is 0 Å². The minimum atomic E-state index is 0.0441. The Balaban J connectivity index is 1.90. The average Bonchev–Trinajstić information content (AvgIpc) is 2.91. The molecule has 0 heterocycles. The highest BCUT2D eigenvalue weighted by Crippen LogP contribution is 2.52. The van der Waals surface area contributed by atoms with Gasteiger partial charge in [-0.25, -0.2) is 0 Å². The van der Waals surface area contributed by atoms with Crippen molar-refractivity contribution in [3.63, 3.8) is 0 Å². The van der Waals surface area contributed by atoms with Crippen LogP contribution in [0.2, 0.25) is 0 Å². The van der Waals surface area contributed by atoms with Gasteiger partial charge in [-0.15, -0.1) is 0 Å². The van der Waals surface area contributed by atoms with Crippen molar-refractivity contribution < 1.29 is 0 Å².